The predicted molar refractivity (Wildman–Crippen MR) is 67.5 cm³/mol. The van der Waals surface area contributed by atoms with Gasteiger partial charge < -0.3 is 10.1 Å². The molecule has 2 heteroatoms. The summed E-state index contributed by atoms with van der Waals surface area (Å²) >= 11 is 0. The van der Waals surface area contributed by atoms with Crippen LogP contribution in [-0.4, -0.2) is 25.8 Å². The van der Waals surface area contributed by atoms with Crippen LogP contribution in [0.25, 0.3) is 0 Å². The lowest BCUT2D eigenvalue weighted by Crippen LogP contribution is -2.36. The maximum Gasteiger partial charge on any atom is 0.0625 e. The molecule has 0 bridgehead atoms. The SMILES string of the molecule is CNC(COC1CCC(C)C(C)C1)C1CC1. The van der Waals surface area contributed by atoms with E-state index >= 15 is 0 Å². The Labute approximate surface area is 100 Å². The van der Waals surface area contributed by atoms with E-state index < -0.39 is 0 Å². The van der Waals surface area contributed by atoms with E-state index in [9.17, 15) is 0 Å². The monoisotopic (exact) mass is 225 g/mol. The van der Waals surface area contributed by atoms with Crippen molar-refractivity contribution in [3.63, 3.8) is 0 Å². The van der Waals surface area contributed by atoms with Crippen LogP contribution in [0, 0.1) is 17.8 Å². The molecule has 0 aromatic carbocycles. The molecule has 2 nitrogen and oxygen atoms in total. The molecule has 2 rings (SSSR count). The molecule has 94 valence electrons. The van der Waals surface area contributed by atoms with Crippen molar-refractivity contribution in [2.75, 3.05) is 13.7 Å². The van der Waals surface area contributed by atoms with Crippen molar-refractivity contribution in [1.29, 1.82) is 0 Å². The van der Waals surface area contributed by atoms with E-state index in [1.165, 1.54) is 32.1 Å². The molecule has 0 saturated heterocycles. The van der Waals surface area contributed by atoms with Gasteiger partial charge in [-0.05, 0) is 56.9 Å². The summed E-state index contributed by atoms with van der Waals surface area (Å²) in [7, 11) is 2.07. The first-order valence-electron chi connectivity index (χ1n) is 6.99. The number of likely N-dealkylation sites (N-methyl/N-ethyl adjacent to an activating group) is 1. The normalized spacial score (nSPS) is 37.3. The second-order valence-corrected chi connectivity index (χ2v) is 5.96. The molecule has 0 aromatic heterocycles. The lowest BCUT2D eigenvalue weighted by atomic mass is 9.80. The van der Waals surface area contributed by atoms with Gasteiger partial charge in [0.1, 0.15) is 0 Å². The molecule has 2 fully saturated rings. The quantitative estimate of drug-likeness (QED) is 0.777. The van der Waals surface area contributed by atoms with Crippen LogP contribution in [0.1, 0.15) is 46.0 Å². The number of hydrogen-bond acceptors (Lipinski definition) is 2. The van der Waals surface area contributed by atoms with E-state index in [4.69, 9.17) is 4.74 Å². The Morgan fingerprint density at radius 2 is 1.88 bits per heavy atom. The highest BCUT2D eigenvalue weighted by Gasteiger charge is 2.31. The maximum atomic E-state index is 6.09. The molecule has 2 aliphatic rings. The van der Waals surface area contributed by atoms with Gasteiger partial charge in [-0.25, -0.2) is 0 Å². The maximum absolute atomic E-state index is 6.09. The standard InChI is InChI=1S/C14H27NO/c1-10-4-7-13(8-11(10)2)16-9-14(15-3)12-5-6-12/h10-15H,4-9H2,1-3H3. The zero-order chi connectivity index (χ0) is 11.5. The molecule has 0 spiro atoms. The molecule has 0 aliphatic heterocycles. The highest BCUT2D eigenvalue weighted by atomic mass is 16.5. The largest absolute Gasteiger partial charge is 0.377 e. The van der Waals surface area contributed by atoms with Gasteiger partial charge in [0, 0.05) is 6.04 Å². The summed E-state index contributed by atoms with van der Waals surface area (Å²) in [6.07, 6.45) is 7.20. The predicted octanol–water partition coefficient (Wildman–Crippen LogP) is 2.83. The Kier molecular flexibility index (Phi) is 4.26. The summed E-state index contributed by atoms with van der Waals surface area (Å²) in [5.74, 6) is 2.63. The van der Waals surface area contributed by atoms with Crippen LogP contribution in [0.2, 0.25) is 0 Å². The third kappa shape index (κ3) is 3.21. The molecule has 0 heterocycles. The molecule has 0 radical (unpaired) electrons. The number of hydrogen-bond donors (Lipinski definition) is 1. The topological polar surface area (TPSA) is 21.3 Å². The van der Waals surface area contributed by atoms with E-state index in [1.54, 1.807) is 0 Å². The number of nitrogens with one attached hydrogen (secondary N) is 1. The Morgan fingerprint density at radius 3 is 2.44 bits per heavy atom. The van der Waals surface area contributed by atoms with Gasteiger partial charge in [-0.15, -0.1) is 0 Å². The second kappa shape index (κ2) is 5.50. The Bertz CT molecular complexity index is 215. The summed E-state index contributed by atoms with van der Waals surface area (Å²) in [6.45, 7) is 5.67. The average molecular weight is 225 g/mol. The average Bonchev–Trinajstić information content (AvgIpc) is 3.08. The van der Waals surface area contributed by atoms with Crippen molar-refractivity contribution < 1.29 is 4.74 Å². The van der Waals surface area contributed by atoms with E-state index in [0.29, 0.717) is 12.1 Å². The van der Waals surface area contributed by atoms with Crippen LogP contribution in [0.4, 0.5) is 0 Å². The number of ether oxygens (including phenoxy) is 1. The van der Waals surface area contributed by atoms with Crippen molar-refractivity contribution >= 4 is 0 Å². The van der Waals surface area contributed by atoms with E-state index in [2.05, 4.69) is 26.2 Å². The van der Waals surface area contributed by atoms with Gasteiger partial charge in [-0.3, -0.25) is 0 Å². The molecule has 4 atom stereocenters. The van der Waals surface area contributed by atoms with Crippen LogP contribution >= 0.6 is 0 Å². The van der Waals surface area contributed by atoms with Gasteiger partial charge in [-0.2, -0.15) is 0 Å². The Morgan fingerprint density at radius 1 is 1.12 bits per heavy atom. The summed E-state index contributed by atoms with van der Waals surface area (Å²) in [4.78, 5) is 0. The van der Waals surface area contributed by atoms with Crippen LogP contribution in [0.5, 0.6) is 0 Å². The van der Waals surface area contributed by atoms with Gasteiger partial charge in [0.2, 0.25) is 0 Å². The summed E-state index contributed by atoms with van der Waals surface area (Å²) < 4.78 is 6.09. The first-order chi connectivity index (χ1) is 7.70. The molecule has 0 amide bonds. The van der Waals surface area contributed by atoms with Gasteiger partial charge in [-0.1, -0.05) is 13.8 Å². The Balaban J connectivity index is 1.69. The van der Waals surface area contributed by atoms with Gasteiger partial charge in [0.05, 0.1) is 12.7 Å². The fraction of sp³-hybridized carbons (Fsp3) is 1.00. The first kappa shape index (κ1) is 12.4. The van der Waals surface area contributed by atoms with E-state index in [1.807, 2.05) is 0 Å². The van der Waals surface area contributed by atoms with Crippen molar-refractivity contribution in [3.8, 4) is 0 Å². The molecule has 2 aliphatic carbocycles. The number of rotatable bonds is 5. The van der Waals surface area contributed by atoms with Crippen molar-refractivity contribution in [2.45, 2.75) is 58.1 Å². The fourth-order valence-electron chi connectivity index (χ4n) is 2.84. The lowest BCUT2D eigenvalue weighted by molar-refractivity contribution is -0.00885. The summed E-state index contributed by atoms with van der Waals surface area (Å²) in [5.41, 5.74) is 0. The third-order valence-corrected chi connectivity index (χ3v) is 4.62. The molecular weight excluding hydrogens is 198 g/mol. The molecule has 16 heavy (non-hydrogen) atoms. The van der Waals surface area contributed by atoms with Crippen LogP contribution < -0.4 is 5.32 Å². The van der Waals surface area contributed by atoms with Crippen LogP contribution in [-0.2, 0) is 4.74 Å². The van der Waals surface area contributed by atoms with Gasteiger partial charge in [0.25, 0.3) is 0 Å². The van der Waals surface area contributed by atoms with Crippen LogP contribution in [0.3, 0.4) is 0 Å². The second-order valence-electron chi connectivity index (χ2n) is 5.96. The van der Waals surface area contributed by atoms with Crippen molar-refractivity contribution in [3.05, 3.63) is 0 Å². The molecular formula is C14H27NO. The minimum atomic E-state index is 0.529. The van der Waals surface area contributed by atoms with Crippen LogP contribution in [0.15, 0.2) is 0 Å². The van der Waals surface area contributed by atoms with Gasteiger partial charge >= 0.3 is 0 Å². The summed E-state index contributed by atoms with van der Waals surface area (Å²) in [5, 5.41) is 3.40. The zero-order valence-corrected chi connectivity index (χ0v) is 11.0. The van der Waals surface area contributed by atoms with Gasteiger partial charge in [0.15, 0.2) is 0 Å². The summed E-state index contributed by atoms with van der Waals surface area (Å²) in [6, 6.07) is 0.606. The molecule has 1 N–H and O–H groups in total. The third-order valence-electron chi connectivity index (χ3n) is 4.62. The Hall–Kier alpha value is -0.0800. The highest BCUT2D eigenvalue weighted by molar-refractivity contribution is 4.86. The minimum absolute atomic E-state index is 0.529. The smallest absolute Gasteiger partial charge is 0.0625 e. The zero-order valence-electron chi connectivity index (χ0n) is 11.0. The fourth-order valence-corrected chi connectivity index (χ4v) is 2.84. The lowest BCUT2D eigenvalue weighted by Gasteiger charge is -2.32. The van der Waals surface area contributed by atoms with Crippen molar-refractivity contribution in [2.24, 2.45) is 17.8 Å². The van der Waals surface area contributed by atoms with Crippen molar-refractivity contribution in [1.82, 2.24) is 5.32 Å². The van der Waals surface area contributed by atoms with E-state index in [0.717, 1.165) is 24.4 Å². The molecule has 2 saturated carbocycles. The minimum Gasteiger partial charge on any atom is -0.377 e. The molecule has 4 unspecified atom stereocenters. The van der Waals surface area contributed by atoms with E-state index in [-0.39, 0.29) is 0 Å². The first-order valence-corrected chi connectivity index (χ1v) is 6.99. The highest BCUT2D eigenvalue weighted by Crippen LogP contribution is 2.34. The molecule has 0 aromatic rings.